The number of hydrogen-bond acceptors (Lipinski definition) is 2. The maximum absolute atomic E-state index is 11.9. The van der Waals surface area contributed by atoms with E-state index >= 15 is 0 Å². The van der Waals surface area contributed by atoms with Gasteiger partial charge in [0.05, 0.1) is 6.04 Å². The molecule has 2 nitrogen and oxygen atoms in total. The van der Waals surface area contributed by atoms with Crippen molar-refractivity contribution in [3.63, 3.8) is 0 Å². The highest BCUT2D eigenvalue weighted by molar-refractivity contribution is 5.85. The molecule has 0 spiro atoms. The van der Waals surface area contributed by atoms with Crippen LogP contribution in [0.5, 0.6) is 0 Å². The molecule has 0 unspecified atom stereocenters. The summed E-state index contributed by atoms with van der Waals surface area (Å²) in [5.41, 5.74) is 5.58. The zero-order valence-electron chi connectivity index (χ0n) is 8.88. The monoisotopic (exact) mass is 257 g/mol. The summed E-state index contributed by atoms with van der Waals surface area (Å²) in [7, 11) is 0. The van der Waals surface area contributed by atoms with E-state index in [1.165, 1.54) is 0 Å². The van der Waals surface area contributed by atoms with Gasteiger partial charge < -0.3 is 10.2 Å². The van der Waals surface area contributed by atoms with Gasteiger partial charge in [-0.05, 0) is 18.6 Å². The molecule has 1 atom stereocenters. The standard InChI is InChI=1S/C10H14F3NO.ClH/c1-2-7-3-4-9(15-7)8(14)5-6-10(11,12)13;/h3-4,8H,2,5-6,14H2,1H3;1H/t8-;/m1./s1. The van der Waals surface area contributed by atoms with E-state index in [0.717, 1.165) is 5.76 Å². The Morgan fingerprint density at radius 1 is 1.38 bits per heavy atom. The fourth-order valence-corrected chi connectivity index (χ4v) is 1.25. The van der Waals surface area contributed by atoms with Crippen molar-refractivity contribution in [1.29, 1.82) is 0 Å². The third-order valence-electron chi connectivity index (χ3n) is 2.14. The molecule has 0 saturated carbocycles. The summed E-state index contributed by atoms with van der Waals surface area (Å²) in [6.07, 6.45) is -4.46. The molecule has 2 N–H and O–H groups in total. The van der Waals surface area contributed by atoms with Crippen LogP contribution in [0, 0.1) is 0 Å². The minimum Gasteiger partial charge on any atom is -0.464 e. The quantitative estimate of drug-likeness (QED) is 0.895. The maximum Gasteiger partial charge on any atom is 0.389 e. The van der Waals surface area contributed by atoms with Gasteiger partial charge in [-0.1, -0.05) is 6.92 Å². The second kappa shape index (κ2) is 6.15. The minimum absolute atomic E-state index is 0. The van der Waals surface area contributed by atoms with Crippen molar-refractivity contribution in [3.8, 4) is 0 Å². The average Bonchev–Trinajstić information content (AvgIpc) is 2.61. The van der Waals surface area contributed by atoms with Crippen LogP contribution < -0.4 is 5.73 Å². The van der Waals surface area contributed by atoms with Gasteiger partial charge in [0.2, 0.25) is 0 Å². The lowest BCUT2D eigenvalue weighted by molar-refractivity contribution is -0.136. The molecular weight excluding hydrogens is 243 g/mol. The lowest BCUT2D eigenvalue weighted by Crippen LogP contribution is -2.15. The van der Waals surface area contributed by atoms with Crippen molar-refractivity contribution in [2.24, 2.45) is 5.73 Å². The predicted octanol–water partition coefficient (Wildman–Crippen LogP) is 3.61. The smallest absolute Gasteiger partial charge is 0.389 e. The molecule has 1 aromatic heterocycles. The highest BCUT2D eigenvalue weighted by atomic mass is 35.5. The highest BCUT2D eigenvalue weighted by Gasteiger charge is 2.28. The summed E-state index contributed by atoms with van der Waals surface area (Å²) in [5.74, 6) is 1.17. The first kappa shape index (κ1) is 15.3. The molecule has 0 aliphatic carbocycles. The fourth-order valence-electron chi connectivity index (χ4n) is 1.25. The first-order valence-corrected chi connectivity index (χ1v) is 4.83. The van der Waals surface area contributed by atoms with E-state index in [9.17, 15) is 13.2 Å². The molecule has 6 heteroatoms. The number of alkyl halides is 3. The summed E-state index contributed by atoms with van der Waals surface area (Å²) >= 11 is 0. The van der Waals surface area contributed by atoms with Crippen molar-refractivity contribution < 1.29 is 17.6 Å². The molecule has 0 aliphatic heterocycles. The summed E-state index contributed by atoms with van der Waals surface area (Å²) in [6.45, 7) is 1.91. The summed E-state index contributed by atoms with van der Waals surface area (Å²) in [5, 5.41) is 0. The van der Waals surface area contributed by atoms with Crippen LogP contribution in [-0.4, -0.2) is 6.18 Å². The molecule has 0 aliphatic rings. The van der Waals surface area contributed by atoms with Gasteiger partial charge >= 0.3 is 6.18 Å². The summed E-state index contributed by atoms with van der Waals surface area (Å²) in [4.78, 5) is 0. The van der Waals surface area contributed by atoms with Gasteiger partial charge in [0, 0.05) is 12.8 Å². The van der Waals surface area contributed by atoms with Crippen molar-refractivity contribution in [2.45, 2.75) is 38.4 Å². The molecular formula is C10H15ClF3NO. The van der Waals surface area contributed by atoms with E-state index in [1.807, 2.05) is 6.92 Å². The SMILES string of the molecule is CCc1ccc([C@H](N)CCC(F)(F)F)o1.Cl. The molecule has 0 saturated heterocycles. The molecule has 16 heavy (non-hydrogen) atoms. The van der Waals surface area contributed by atoms with E-state index in [-0.39, 0.29) is 18.8 Å². The molecule has 0 bridgehead atoms. The van der Waals surface area contributed by atoms with Gasteiger partial charge in [0.15, 0.2) is 0 Å². The number of nitrogens with two attached hydrogens (primary N) is 1. The zero-order valence-corrected chi connectivity index (χ0v) is 9.70. The first-order valence-electron chi connectivity index (χ1n) is 4.83. The Hall–Kier alpha value is -0.680. The average molecular weight is 258 g/mol. The third kappa shape index (κ3) is 4.90. The molecule has 0 aromatic carbocycles. The number of rotatable bonds is 4. The molecule has 0 amide bonds. The number of aryl methyl sites for hydroxylation is 1. The molecule has 94 valence electrons. The van der Waals surface area contributed by atoms with E-state index in [4.69, 9.17) is 10.2 Å². The lowest BCUT2D eigenvalue weighted by Gasteiger charge is -2.10. The van der Waals surface area contributed by atoms with Crippen LogP contribution in [0.15, 0.2) is 16.5 Å². The number of furan rings is 1. The van der Waals surface area contributed by atoms with E-state index in [0.29, 0.717) is 12.2 Å². The van der Waals surface area contributed by atoms with Crippen LogP contribution in [0.3, 0.4) is 0 Å². The molecule has 1 aromatic rings. The second-order valence-corrected chi connectivity index (χ2v) is 3.42. The Kier molecular flexibility index (Phi) is 5.89. The van der Waals surface area contributed by atoms with Gasteiger partial charge in [0.25, 0.3) is 0 Å². The van der Waals surface area contributed by atoms with Crippen LogP contribution in [0.2, 0.25) is 0 Å². The van der Waals surface area contributed by atoms with Crippen molar-refractivity contribution in [2.75, 3.05) is 0 Å². The van der Waals surface area contributed by atoms with E-state index in [1.54, 1.807) is 12.1 Å². The highest BCUT2D eigenvalue weighted by Crippen LogP contribution is 2.27. The maximum atomic E-state index is 11.9. The predicted molar refractivity (Wildman–Crippen MR) is 57.6 cm³/mol. The second-order valence-electron chi connectivity index (χ2n) is 3.42. The Labute approximate surface area is 98.4 Å². The van der Waals surface area contributed by atoms with Crippen LogP contribution in [-0.2, 0) is 6.42 Å². The Balaban J connectivity index is 0.00000225. The van der Waals surface area contributed by atoms with E-state index < -0.39 is 18.6 Å². The van der Waals surface area contributed by atoms with Crippen LogP contribution in [0.25, 0.3) is 0 Å². The summed E-state index contributed by atoms with van der Waals surface area (Å²) < 4.78 is 41.0. The van der Waals surface area contributed by atoms with E-state index in [2.05, 4.69) is 0 Å². The summed E-state index contributed by atoms with van der Waals surface area (Å²) in [6, 6.07) is 2.70. The topological polar surface area (TPSA) is 39.2 Å². The zero-order chi connectivity index (χ0) is 11.5. The van der Waals surface area contributed by atoms with Crippen LogP contribution >= 0.6 is 12.4 Å². The Bertz CT molecular complexity index is 311. The Morgan fingerprint density at radius 3 is 2.44 bits per heavy atom. The van der Waals surface area contributed by atoms with Crippen LogP contribution in [0.1, 0.15) is 37.3 Å². The van der Waals surface area contributed by atoms with Gasteiger partial charge in [-0.3, -0.25) is 0 Å². The number of hydrogen-bond donors (Lipinski definition) is 1. The third-order valence-corrected chi connectivity index (χ3v) is 2.14. The Morgan fingerprint density at radius 2 is 2.00 bits per heavy atom. The molecule has 1 rings (SSSR count). The fraction of sp³-hybridized carbons (Fsp3) is 0.600. The number of halogens is 4. The first-order chi connectivity index (χ1) is 6.92. The van der Waals surface area contributed by atoms with Gasteiger partial charge in [-0.15, -0.1) is 12.4 Å². The molecule has 1 heterocycles. The normalized spacial score (nSPS) is 13.3. The lowest BCUT2D eigenvalue weighted by atomic mass is 10.1. The van der Waals surface area contributed by atoms with Gasteiger partial charge in [-0.2, -0.15) is 13.2 Å². The van der Waals surface area contributed by atoms with Crippen LogP contribution in [0.4, 0.5) is 13.2 Å². The van der Waals surface area contributed by atoms with Gasteiger partial charge in [0.1, 0.15) is 11.5 Å². The minimum atomic E-state index is -4.15. The molecule has 0 fully saturated rings. The van der Waals surface area contributed by atoms with Crippen molar-refractivity contribution >= 4 is 12.4 Å². The largest absolute Gasteiger partial charge is 0.464 e. The van der Waals surface area contributed by atoms with Crippen molar-refractivity contribution in [3.05, 3.63) is 23.7 Å². The molecule has 0 radical (unpaired) electrons. The van der Waals surface area contributed by atoms with Crippen molar-refractivity contribution in [1.82, 2.24) is 0 Å². The van der Waals surface area contributed by atoms with Gasteiger partial charge in [-0.25, -0.2) is 0 Å².